The van der Waals surface area contributed by atoms with Gasteiger partial charge in [0.1, 0.15) is 6.04 Å². The van der Waals surface area contributed by atoms with Crippen molar-refractivity contribution in [1.82, 2.24) is 23.7 Å². The highest BCUT2D eigenvalue weighted by atomic mass is 32.2. The highest BCUT2D eigenvalue weighted by Gasteiger charge is 2.43. The fraction of sp³-hybridized carbons (Fsp3) is 0.733. The molecule has 3 heterocycles. The molecule has 3 rings (SSSR count). The van der Waals surface area contributed by atoms with E-state index < -0.39 is 22.3 Å². The van der Waals surface area contributed by atoms with Gasteiger partial charge in [-0.25, -0.2) is 0 Å². The van der Waals surface area contributed by atoms with Crippen molar-refractivity contribution in [3.63, 3.8) is 0 Å². The van der Waals surface area contributed by atoms with Crippen LogP contribution in [0.5, 0.6) is 0 Å². The zero-order valence-corrected chi connectivity index (χ0v) is 15.2. The van der Waals surface area contributed by atoms with Crippen molar-refractivity contribution in [3.05, 3.63) is 17.5 Å². The summed E-state index contributed by atoms with van der Waals surface area (Å²) in [4.78, 5) is 14.6. The Kier molecular flexibility index (Phi) is 4.67. The van der Waals surface area contributed by atoms with Gasteiger partial charge in [-0.2, -0.15) is 22.5 Å². The minimum atomic E-state index is -3.70. The molecule has 24 heavy (non-hydrogen) atoms. The Bertz CT molecular complexity index is 723. The number of nitrogens with zero attached hydrogens (tertiary/aromatic N) is 4. The molecular formula is C15H25N5O3S. The molecule has 2 unspecified atom stereocenters. The van der Waals surface area contributed by atoms with Crippen molar-refractivity contribution >= 4 is 16.1 Å². The maximum absolute atomic E-state index is 12.8. The van der Waals surface area contributed by atoms with Gasteiger partial charge in [0.2, 0.25) is 5.91 Å². The number of hydrogen-bond donors (Lipinski definition) is 1. The summed E-state index contributed by atoms with van der Waals surface area (Å²) in [5, 5.41) is 4.39. The summed E-state index contributed by atoms with van der Waals surface area (Å²) >= 11 is 0. The lowest BCUT2D eigenvalue weighted by Gasteiger charge is -2.37. The molecule has 2 fully saturated rings. The molecule has 2 aliphatic rings. The van der Waals surface area contributed by atoms with Crippen molar-refractivity contribution in [3.8, 4) is 0 Å². The molecule has 1 amide bonds. The van der Waals surface area contributed by atoms with Gasteiger partial charge in [0, 0.05) is 38.4 Å². The quantitative estimate of drug-likeness (QED) is 0.851. The standard InChI is InChI=1S/C15H25N5O3S/c1-4-20-10-12(11(2)16-20)13-9-14(18(3)24(22,23)17-13)15(21)19-7-5-6-8-19/h10,13-14,17H,4-9H2,1-3H3. The Hall–Kier alpha value is -1.45. The third-order valence-corrected chi connectivity index (χ3v) is 6.55. The van der Waals surface area contributed by atoms with Crippen molar-refractivity contribution in [2.24, 2.45) is 0 Å². The van der Waals surface area contributed by atoms with E-state index in [1.54, 1.807) is 9.58 Å². The number of carbonyl (C=O) groups is 1. The van der Waals surface area contributed by atoms with Crippen LogP contribution in [0, 0.1) is 6.92 Å². The minimum Gasteiger partial charge on any atom is -0.341 e. The first-order valence-electron chi connectivity index (χ1n) is 8.41. The summed E-state index contributed by atoms with van der Waals surface area (Å²) < 4.78 is 30.6. The van der Waals surface area contributed by atoms with E-state index in [0.717, 1.165) is 30.6 Å². The SMILES string of the molecule is CCn1cc(C2CC(C(=O)N3CCCC3)N(C)S(=O)(=O)N2)c(C)n1. The largest absolute Gasteiger partial charge is 0.341 e. The highest BCUT2D eigenvalue weighted by Crippen LogP contribution is 2.30. The van der Waals surface area contributed by atoms with E-state index in [1.165, 1.54) is 11.4 Å². The number of aromatic nitrogens is 2. The molecule has 2 saturated heterocycles. The third kappa shape index (κ3) is 3.07. The fourth-order valence-corrected chi connectivity index (χ4v) is 4.74. The molecule has 0 saturated carbocycles. The molecule has 134 valence electrons. The number of rotatable bonds is 3. The summed E-state index contributed by atoms with van der Waals surface area (Å²) in [6, 6.07) is -1.09. The van der Waals surface area contributed by atoms with E-state index in [4.69, 9.17) is 0 Å². The second-order valence-electron chi connectivity index (χ2n) is 6.50. The number of carbonyl (C=O) groups excluding carboxylic acids is 1. The second-order valence-corrected chi connectivity index (χ2v) is 8.26. The molecule has 2 aliphatic heterocycles. The van der Waals surface area contributed by atoms with Crippen molar-refractivity contribution < 1.29 is 13.2 Å². The summed E-state index contributed by atoms with van der Waals surface area (Å²) in [5.41, 5.74) is 1.63. The average molecular weight is 355 g/mol. The van der Waals surface area contributed by atoms with Crippen LogP contribution in [0.4, 0.5) is 0 Å². The van der Waals surface area contributed by atoms with Crippen molar-refractivity contribution in [2.75, 3.05) is 20.1 Å². The zero-order valence-electron chi connectivity index (χ0n) is 14.4. The highest BCUT2D eigenvalue weighted by molar-refractivity contribution is 7.87. The molecule has 9 heteroatoms. The Morgan fingerprint density at radius 1 is 1.38 bits per heavy atom. The van der Waals surface area contributed by atoms with Gasteiger partial charge >= 0.3 is 0 Å². The van der Waals surface area contributed by atoms with E-state index in [2.05, 4.69) is 9.82 Å². The van der Waals surface area contributed by atoms with Crippen molar-refractivity contribution in [2.45, 2.75) is 51.7 Å². The lowest BCUT2D eigenvalue weighted by molar-refractivity contribution is -0.134. The number of likely N-dealkylation sites (tertiary alicyclic amines) is 1. The van der Waals surface area contributed by atoms with E-state index in [-0.39, 0.29) is 5.91 Å². The average Bonchev–Trinajstić information content (AvgIpc) is 3.18. The molecule has 1 N–H and O–H groups in total. The zero-order chi connectivity index (χ0) is 17.5. The van der Waals surface area contributed by atoms with Gasteiger partial charge in [0.15, 0.2) is 0 Å². The Balaban J connectivity index is 1.89. The van der Waals surface area contributed by atoms with Gasteiger partial charge in [-0.05, 0) is 33.1 Å². The molecular weight excluding hydrogens is 330 g/mol. The molecule has 8 nitrogen and oxygen atoms in total. The van der Waals surface area contributed by atoms with Crippen LogP contribution < -0.4 is 4.72 Å². The van der Waals surface area contributed by atoms with E-state index in [9.17, 15) is 13.2 Å². The first kappa shape index (κ1) is 17.4. The fourth-order valence-electron chi connectivity index (χ4n) is 3.48. The molecule has 1 aromatic heterocycles. The monoisotopic (exact) mass is 355 g/mol. The first-order valence-corrected chi connectivity index (χ1v) is 9.85. The van der Waals surface area contributed by atoms with Gasteiger partial charge in [0.05, 0.1) is 11.7 Å². The molecule has 0 aliphatic carbocycles. The summed E-state index contributed by atoms with van der Waals surface area (Å²) in [7, 11) is -2.23. The maximum atomic E-state index is 12.8. The van der Waals surface area contributed by atoms with Gasteiger partial charge in [0.25, 0.3) is 10.2 Å². The Morgan fingerprint density at radius 2 is 2.04 bits per heavy atom. The Labute approximate surface area is 143 Å². The number of amides is 1. The van der Waals surface area contributed by atoms with E-state index in [0.29, 0.717) is 19.5 Å². The van der Waals surface area contributed by atoms with Gasteiger partial charge in [-0.3, -0.25) is 9.48 Å². The smallest absolute Gasteiger partial charge is 0.280 e. The van der Waals surface area contributed by atoms with Crippen LogP contribution in [0.15, 0.2) is 6.20 Å². The number of hydrogen-bond acceptors (Lipinski definition) is 4. The minimum absolute atomic E-state index is 0.0920. The summed E-state index contributed by atoms with van der Waals surface area (Å²) in [6.07, 6.45) is 4.25. The maximum Gasteiger partial charge on any atom is 0.280 e. The number of nitrogens with one attached hydrogen (secondary N) is 1. The van der Waals surface area contributed by atoms with E-state index >= 15 is 0 Å². The van der Waals surface area contributed by atoms with Crippen LogP contribution in [0.1, 0.15) is 43.5 Å². The van der Waals surface area contributed by atoms with Crippen molar-refractivity contribution in [1.29, 1.82) is 0 Å². The van der Waals surface area contributed by atoms with Crippen LogP contribution in [0.25, 0.3) is 0 Å². The molecule has 0 aromatic carbocycles. The summed E-state index contributed by atoms with van der Waals surface area (Å²) in [5.74, 6) is -0.0920. The number of likely N-dealkylation sites (N-methyl/N-ethyl adjacent to an activating group) is 1. The lowest BCUT2D eigenvalue weighted by atomic mass is 10.00. The molecule has 0 bridgehead atoms. The molecule has 2 atom stereocenters. The van der Waals surface area contributed by atoms with Crippen LogP contribution in [0.3, 0.4) is 0 Å². The van der Waals surface area contributed by atoms with E-state index in [1.807, 2.05) is 20.0 Å². The Morgan fingerprint density at radius 3 is 2.62 bits per heavy atom. The normalized spacial score (nSPS) is 27.5. The van der Waals surface area contributed by atoms with Crippen LogP contribution >= 0.6 is 0 Å². The number of aryl methyl sites for hydroxylation is 2. The molecule has 1 aromatic rings. The third-order valence-electron chi connectivity index (χ3n) is 4.95. The van der Waals surface area contributed by atoms with Crippen LogP contribution in [-0.2, 0) is 21.5 Å². The second kappa shape index (κ2) is 6.45. The molecule has 0 radical (unpaired) electrons. The predicted octanol–water partition coefficient (Wildman–Crippen LogP) is 0.413. The van der Waals surface area contributed by atoms with Crippen LogP contribution in [0.2, 0.25) is 0 Å². The van der Waals surface area contributed by atoms with Gasteiger partial charge in [-0.1, -0.05) is 0 Å². The lowest BCUT2D eigenvalue weighted by Crippen LogP contribution is -2.57. The first-order chi connectivity index (χ1) is 11.3. The van der Waals surface area contributed by atoms with Crippen LogP contribution in [-0.4, -0.2) is 59.5 Å². The molecule has 0 spiro atoms. The predicted molar refractivity (Wildman–Crippen MR) is 89.4 cm³/mol. The van der Waals surface area contributed by atoms with Gasteiger partial charge in [-0.15, -0.1) is 0 Å². The van der Waals surface area contributed by atoms with Gasteiger partial charge < -0.3 is 4.90 Å². The topological polar surface area (TPSA) is 87.5 Å². The summed E-state index contributed by atoms with van der Waals surface area (Å²) in [6.45, 7) is 6.00.